The van der Waals surface area contributed by atoms with E-state index in [1.54, 1.807) is 30.9 Å². The molecule has 2 aromatic rings. The number of carbonyl (C=O) groups excluding carboxylic acids is 1. The molecule has 6 heteroatoms. The third-order valence-electron chi connectivity index (χ3n) is 6.03. The van der Waals surface area contributed by atoms with E-state index in [2.05, 4.69) is 0 Å². The quantitative estimate of drug-likeness (QED) is 0.810. The van der Waals surface area contributed by atoms with Gasteiger partial charge in [-0.05, 0) is 55.0 Å². The van der Waals surface area contributed by atoms with Crippen molar-refractivity contribution in [1.29, 1.82) is 0 Å². The van der Waals surface area contributed by atoms with E-state index in [-0.39, 0.29) is 28.2 Å². The van der Waals surface area contributed by atoms with Gasteiger partial charge in [-0.15, -0.1) is 0 Å². The Morgan fingerprint density at radius 2 is 1.70 bits per heavy atom. The smallest absolute Gasteiger partial charge is 0.372 e. The van der Waals surface area contributed by atoms with Gasteiger partial charge in [0.2, 0.25) is 5.60 Å². The number of likely N-dealkylation sites (tertiary alicyclic amines) is 1. The highest BCUT2D eigenvalue weighted by atomic mass is 19.4. The second-order valence-electron chi connectivity index (χ2n) is 7.40. The summed E-state index contributed by atoms with van der Waals surface area (Å²) in [5.74, 6) is -0.261. The molecule has 2 aromatic carbocycles. The van der Waals surface area contributed by atoms with Crippen LogP contribution in [-0.2, 0) is 5.60 Å². The number of hydrogen-bond donors (Lipinski definition) is 1. The number of benzene rings is 2. The van der Waals surface area contributed by atoms with Crippen LogP contribution in [0.2, 0.25) is 0 Å². The Morgan fingerprint density at radius 3 is 2.26 bits per heavy atom. The molecule has 27 heavy (non-hydrogen) atoms. The van der Waals surface area contributed by atoms with Crippen molar-refractivity contribution in [2.24, 2.45) is 0 Å². The van der Waals surface area contributed by atoms with E-state index in [1.807, 2.05) is 0 Å². The second kappa shape index (κ2) is 5.58. The lowest BCUT2D eigenvalue weighted by Gasteiger charge is -2.34. The number of nitrogens with zero attached hydrogens (tertiary/aromatic N) is 1. The van der Waals surface area contributed by atoms with E-state index in [4.69, 9.17) is 0 Å². The molecule has 2 aliphatic rings. The van der Waals surface area contributed by atoms with Crippen molar-refractivity contribution < 1.29 is 23.1 Å². The summed E-state index contributed by atoms with van der Waals surface area (Å²) < 4.78 is 42.4. The van der Waals surface area contributed by atoms with Gasteiger partial charge in [0.05, 0.1) is 0 Å². The normalized spacial score (nSPS) is 20.9. The summed E-state index contributed by atoms with van der Waals surface area (Å²) in [4.78, 5) is 14.6. The number of aliphatic hydroxyl groups is 1. The zero-order chi connectivity index (χ0) is 19.7. The minimum Gasteiger partial charge on any atom is -0.372 e. The Kier molecular flexibility index (Phi) is 3.73. The molecule has 142 valence electrons. The van der Waals surface area contributed by atoms with Crippen molar-refractivity contribution in [3.63, 3.8) is 0 Å². The fourth-order valence-electron chi connectivity index (χ4n) is 4.39. The maximum Gasteiger partial charge on any atom is 0.425 e. The molecule has 1 N–H and O–H groups in total. The molecule has 0 aromatic heterocycles. The highest BCUT2D eigenvalue weighted by molar-refractivity contribution is 6.01. The number of hydrogen-bond acceptors (Lipinski definition) is 2. The van der Waals surface area contributed by atoms with E-state index in [9.17, 15) is 23.1 Å². The van der Waals surface area contributed by atoms with Crippen LogP contribution < -0.4 is 0 Å². The third kappa shape index (κ3) is 2.16. The molecular formula is C21H20F3NO2. The largest absolute Gasteiger partial charge is 0.425 e. The van der Waals surface area contributed by atoms with Crippen LogP contribution in [0.3, 0.4) is 0 Å². The maximum absolute atomic E-state index is 14.1. The Hall–Kier alpha value is -2.34. The van der Waals surface area contributed by atoms with Crippen LogP contribution in [0.1, 0.15) is 44.6 Å². The van der Waals surface area contributed by atoms with Crippen molar-refractivity contribution in [3.8, 4) is 11.1 Å². The molecule has 1 atom stereocenters. The number of alkyl halides is 3. The van der Waals surface area contributed by atoms with Crippen LogP contribution >= 0.6 is 0 Å². The van der Waals surface area contributed by atoms with Crippen LogP contribution in [0, 0.1) is 20.8 Å². The van der Waals surface area contributed by atoms with E-state index >= 15 is 0 Å². The molecule has 0 radical (unpaired) electrons. The van der Waals surface area contributed by atoms with E-state index in [1.165, 1.54) is 19.1 Å². The van der Waals surface area contributed by atoms with Crippen LogP contribution in [0.5, 0.6) is 0 Å². The number of fused-ring (bicyclic) bond motifs is 3. The molecule has 1 unspecified atom stereocenters. The van der Waals surface area contributed by atoms with Crippen molar-refractivity contribution in [2.75, 3.05) is 13.1 Å². The zero-order valence-electron chi connectivity index (χ0n) is 15.4. The molecule has 1 saturated heterocycles. The van der Waals surface area contributed by atoms with Gasteiger partial charge in [-0.2, -0.15) is 13.2 Å². The van der Waals surface area contributed by atoms with E-state index in [0.717, 1.165) is 6.42 Å². The fraction of sp³-hybridized carbons (Fsp3) is 0.381. The minimum atomic E-state index is -4.90. The van der Waals surface area contributed by atoms with E-state index < -0.39 is 11.8 Å². The Bertz CT molecular complexity index is 976. The first kappa shape index (κ1) is 18.0. The summed E-state index contributed by atoms with van der Waals surface area (Å²) in [7, 11) is 0. The topological polar surface area (TPSA) is 40.5 Å². The molecule has 4 rings (SSSR count). The van der Waals surface area contributed by atoms with Gasteiger partial charge in [0.25, 0.3) is 5.91 Å². The molecule has 1 aliphatic carbocycles. The molecule has 3 nitrogen and oxygen atoms in total. The third-order valence-corrected chi connectivity index (χ3v) is 6.03. The summed E-state index contributed by atoms with van der Waals surface area (Å²) in [5, 5.41) is 11.0. The SMILES string of the molecule is Cc1c(C)c2c(c(C)c1C(=O)N1CCC1)C(O)(C(F)(F)F)c1ccccc1-2. The van der Waals surface area contributed by atoms with Crippen molar-refractivity contribution in [3.05, 3.63) is 57.6 Å². The first-order chi connectivity index (χ1) is 12.6. The van der Waals surface area contributed by atoms with Gasteiger partial charge in [0.1, 0.15) is 0 Å². The molecule has 0 spiro atoms. The highest BCUT2D eigenvalue weighted by Crippen LogP contribution is 2.57. The summed E-state index contributed by atoms with van der Waals surface area (Å²) in [5.41, 5.74) is -0.973. The lowest BCUT2D eigenvalue weighted by Crippen LogP contribution is -2.44. The van der Waals surface area contributed by atoms with Crippen LogP contribution in [0.4, 0.5) is 13.2 Å². The summed E-state index contributed by atoms with van der Waals surface area (Å²) in [6, 6.07) is 6.06. The minimum absolute atomic E-state index is 0.174. The van der Waals surface area contributed by atoms with Gasteiger partial charge >= 0.3 is 6.18 Å². The molecule has 0 bridgehead atoms. The average Bonchev–Trinajstić information content (AvgIpc) is 2.82. The maximum atomic E-state index is 14.1. The summed E-state index contributed by atoms with van der Waals surface area (Å²) in [6.45, 7) is 6.22. The van der Waals surface area contributed by atoms with Gasteiger partial charge < -0.3 is 10.0 Å². The molecule has 1 fully saturated rings. The second-order valence-corrected chi connectivity index (χ2v) is 7.40. The van der Waals surface area contributed by atoms with Crippen LogP contribution in [-0.4, -0.2) is 35.2 Å². The number of rotatable bonds is 1. The number of halogens is 3. The summed E-state index contributed by atoms with van der Waals surface area (Å²) >= 11 is 0. The predicted molar refractivity (Wildman–Crippen MR) is 95.7 cm³/mol. The average molecular weight is 375 g/mol. The lowest BCUT2D eigenvalue weighted by molar-refractivity contribution is -0.247. The van der Waals surface area contributed by atoms with Crippen LogP contribution in [0.15, 0.2) is 24.3 Å². The predicted octanol–water partition coefficient (Wildman–Crippen LogP) is 4.24. The first-order valence-corrected chi connectivity index (χ1v) is 8.93. The fourth-order valence-corrected chi connectivity index (χ4v) is 4.39. The van der Waals surface area contributed by atoms with Gasteiger partial charge in [-0.25, -0.2) is 0 Å². The first-order valence-electron chi connectivity index (χ1n) is 8.93. The highest BCUT2D eigenvalue weighted by Gasteiger charge is 2.62. The van der Waals surface area contributed by atoms with Crippen molar-refractivity contribution in [2.45, 2.75) is 39.0 Å². The van der Waals surface area contributed by atoms with Gasteiger partial charge in [0.15, 0.2) is 0 Å². The monoisotopic (exact) mass is 375 g/mol. The standard InChI is InChI=1S/C21H20F3NO2/c1-11-12(2)17-14-7-4-5-8-15(14)20(27,21(22,23)24)18(17)13(3)16(11)19(26)25-9-6-10-25/h4-5,7-8,27H,6,9-10H2,1-3H3. The van der Waals surface area contributed by atoms with Crippen LogP contribution in [0.25, 0.3) is 11.1 Å². The Morgan fingerprint density at radius 1 is 1.07 bits per heavy atom. The molecule has 1 heterocycles. The lowest BCUT2D eigenvalue weighted by atomic mass is 9.82. The van der Waals surface area contributed by atoms with Gasteiger partial charge in [-0.1, -0.05) is 24.3 Å². The molecular weight excluding hydrogens is 355 g/mol. The number of carbonyl (C=O) groups is 1. The summed E-state index contributed by atoms with van der Waals surface area (Å²) in [6.07, 6.45) is -4.01. The molecule has 0 saturated carbocycles. The number of amides is 1. The Labute approximate surface area is 155 Å². The van der Waals surface area contributed by atoms with E-state index in [0.29, 0.717) is 35.3 Å². The zero-order valence-corrected chi connectivity index (χ0v) is 15.4. The van der Waals surface area contributed by atoms with Crippen molar-refractivity contribution in [1.82, 2.24) is 4.90 Å². The van der Waals surface area contributed by atoms with Gasteiger partial charge in [-0.3, -0.25) is 4.79 Å². The van der Waals surface area contributed by atoms with Crippen molar-refractivity contribution >= 4 is 5.91 Å². The molecule has 1 amide bonds. The molecule has 1 aliphatic heterocycles. The Balaban J connectivity index is 2.09. The van der Waals surface area contributed by atoms with Gasteiger partial charge in [0, 0.05) is 29.8 Å².